The summed E-state index contributed by atoms with van der Waals surface area (Å²) in [5, 5.41) is 2.95. The Labute approximate surface area is 171 Å². The molecule has 2 fully saturated rings. The number of urea groups is 1. The molecule has 0 unspecified atom stereocenters. The average molecular weight is 396 g/mol. The molecular formula is C21H28N6O2. The number of amides is 2. The largest absolute Gasteiger partial charge is 0.495 e. The van der Waals surface area contributed by atoms with Crippen LogP contribution in [0.5, 0.6) is 5.75 Å². The number of hydrogen-bond acceptors (Lipinski definition) is 6. The van der Waals surface area contributed by atoms with E-state index in [4.69, 9.17) is 4.74 Å². The normalized spacial score (nSPS) is 17.2. The molecule has 0 spiro atoms. The van der Waals surface area contributed by atoms with Crippen molar-refractivity contribution >= 4 is 23.4 Å². The molecule has 1 aromatic carbocycles. The lowest BCUT2D eigenvalue weighted by Gasteiger charge is -2.36. The molecule has 1 N–H and O–H groups in total. The summed E-state index contributed by atoms with van der Waals surface area (Å²) in [6.45, 7) is 4.90. The predicted octanol–water partition coefficient (Wildman–Crippen LogP) is 2.83. The Morgan fingerprint density at radius 2 is 1.59 bits per heavy atom. The summed E-state index contributed by atoms with van der Waals surface area (Å²) in [4.78, 5) is 28.0. The summed E-state index contributed by atoms with van der Waals surface area (Å²) >= 11 is 0. The van der Waals surface area contributed by atoms with Gasteiger partial charge in [0, 0.05) is 45.3 Å². The van der Waals surface area contributed by atoms with Crippen molar-refractivity contribution in [2.75, 3.05) is 61.5 Å². The Kier molecular flexibility index (Phi) is 5.97. The third kappa shape index (κ3) is 4.52. The van der Waals surface area contributed by atoms with Crippen molar-refractivity contribution in [3.63, 3.8) is 0 Å². The van der Waals surface area contributed by atoms with Crippen LogP contribution in [-0.2, 0) is 0 Å². The van der Waals surface area contributed by atoms with E-state index in [1.54, 1.807) is 13.4 Å². The lowest BCUT2D eigenvalue weighted by molar-refractivity contribution is 0.208. The van der Waals surface area contributed by atoms with Crippen molar-refractivity contribution in [3.8, 4) is 5.75 Å². The van der Waals surface area contributed by atoms with Crippen LogP contribution < -0.4 is 19.9 Å². The fourth-order valence-electron chi connectivity index (χ4n) is 3.89. The molecule has 0 bridgehead atoms. The second-order valence-corrected chi connectivity index (χ2v) is 7.39. The zero-order valence-electron chi connectivity index (χ0n) is 16.9. The molecule has 3 heterocycles. The Hall–Kier alpha value is -3.03. The van der Waals surface area contributed by atoms with E-state index in [2.05, 4.69) is 31.2 Å². The van der Waals surface area contributed by atoms with Crippen LogP contribution in [0.2, 0.25) is 0 Å². The number of hydrogen-bond donors (Lipinski definition) is 1. The van der Waals surface area contributed by atoms with Gasteiger partial charge in [-0.25, -0.2) is 14.8 Å². The molecule has 8 nitrogen and oxygen atoms in total. The van der Waals surface area contributed by atoms with Gasteiger partial charge < -0.3 is 24.8 Å². The van der Waals surface area contributed by atoms with Gasteiger partial charge in [0.25, 0.3) is 0 Å². The van der Waals surface area contributed by atoms with Crippen molar-refractivity contribution in [3.05, 3.63) is 36.7 Å². The number of carbonyl (C=O) groups excluding carboxylic acids is 1. The molecule has 0 atom stereocenters. The Bertz CT molecular complexity index is 831. The monoisotopic (exact) mass is 396 g/mol. The molecule has 0 radical (unpaired) electrons. The van der Waals surface area contributed by atoms with Gasteiger partial charge in [-0.05, 0) is 31.4 Å². The van der Waals surface area contributed by atoms with E-state index in [-0.39, 0.29) is 6.03 Å². The number of ether oxygens (including phenoxy) is 1. The van der Waals surface area contributed by atoms with Gasteiger partial charge in [0.15, 0.2) is 0 Å². The second kappa shape index (κ2) is 8.98. The first-order chi connectivity index (χ1) is 14.2. The fourth-order valence-corrected chi connectivity index (χ4v) is 3.89. The maximum Gasteiger partial charge on any atom is 0.322 e. The van der Waals surface area contributed by atoms with Crippen molar-refractivity contribution in [1.29, 1.82) is 0 Å². The van der Waals surface area contributed by atoms with E-state index in [0.29, 0.717) is 24.5 Å². The van der Waals surface area contributed by atoms with Crippen LogP contribution in [0, 0.1) is 0 Å². The van der Waals surface area contributed by atoms with Gasteiger partial charge in [-0.2, -0.15) is 0 Å². The zero-order valence-corrected chi connectivity index (χ0v) is 16.9. The minimum absolute atomic E-state index is 0.106. The topological polar surface area (TPSA) is 73.8 Å². The van der Waals surface area contributed by atoms with Crippen molar-refractivity contribution in [2.24, 2.45) is 0 Å². The number of nitrogens with one attached hydrogen (secondary N) is 1. The maximum atomic E-state index is 12.6. The molecule has 0 aliphatic carbocycles. The molecule has 29 heavy (non-hydrogen) atoms. The molecule has 154 valence electrons. The molecular weight excluding hydrogens is 368 g/mol. The smallest absolute Gasteiger partial charge is 0.322 e. The maximum absolute atomic E-state index is 12.6. The van der Waals surface area contributed by atoms with E-state index in [0.717, 1.165) is 37.8 Å². The third-order valence-corrected chi connectivity index (χ3v) is 5.56. The standard InChI is InChI=1S/C21H28N6O2/c1-29-18-8-4-3-7-17(18)24-21(28)27-13-11-26(12-14-27)20-15-19(22-16-23-20)25-9-5-2-6-10-25/h3-4,7-8,15-16H,2,5-6,9-14H2,1H3,(H,24,28). The summed E-state index contributed by atoms with van der Waals surface area (Å²) < 4.78 is 5.31. The number of aromatic nitrogens is 2. The van der Waals surface area contributed by atoms with Crippen LogP contribution >= 0.6 is 0 Å². The zero-order chi connectivity index (χ0) is 20.1. The number of carbonyl (C=O) groups is 1. The molecule has 2 aliphatic heterocycles. The number of anilines is 3. The van der Waals surface area contributed by atoms with Gasteiger partial charge in [-0.3, -0.25) is 0 Å². The number of nitrogens with zero attached hydrogens (tertiary/aromatic N) is 5. The summed E-state index contributed by atoms with van der Waals surface area (Å²) in [6, 6.07) is 9.41. The van der Waals surface area contributed by atoms with Crippen LogP contribution in [0.3, 0.4) is 0 Å². The highest BCUT2D eigenvalue weighted by Crippen LogP contribution is 2.24. The Morgan fingerprint density at radius 3 is 2.28 bits per heavy atom. The Balaban J connectivity index is 1.35. The van der Waals surface area contributed by atoms with Gasteiger partial charge >= 0.3 is 6.03 Å². The first-order valence-electron chi connectivity index (χ1n) is 10.3. The predicted molar refractivity (Wildman–Crippen MR) is 114 cm³/mol. The summed E-state index contributed by atoms with van der Waals surface area (Å²) in [5.74, 6) is 2.60. The van der Waals surface area contributed by atoms with Crippen LogP contribution in [0.25, 0.3) is 0 Å². The van der Waals surface area contributed by atoms with Crippen molar-refractivity contribution in [1.82, 2.24) is 14.9 Å². The highest BCUT2D eigenvalue weighted by molar-refractivity contribution is 5.91. The van der Waals surface area contributed by atoms with Gasteiger partial charge in [-0.15, -0.1) is 0 Å². The molecule has 2 aliphatic rings. The minimum Gasteiger partial charge on any atom is -0.495 e. The SMILES string of the molecule is COc1ccccc1NC(=O)N1CCN(c2cc(N3CCCCC3)ncn2)CC1. The fraction of sp³-hybridized carbons (Fsp3) is 0.476. The second-order valence-electron chi connectivity index (χ2n) is 7.39. The van der Waals surface area contributed by atoms with Crippen LogP contribution in [0.1, 0.15) is 19.3 Å². The summed E-state index contributed by atoms with van der Waals surface area (Å²) in [7, 11) is 1.60. The highest BCUT2D eigenvalue weighted by atomic mass is 16.5. The van der Waals surface area contributed by atoms with Crippen LogP contribution in [0.4, 0.5) is 22.1 Å². The number of rotatable bonds is 4. The van der Waals surface area contributed by atoms with Crippen molar-refractivity contribution in [2.45, 2.75) is 19.3 Å². The quantitative estimate of drug-likeness (QED) is 0.857. The number of benzene rings is 1. The van der Waals surface area contributed by atoms with Crippen LogP contribution in [-0.4, -0.2) is 67.3 Å². The number of methoxy groups -OCH3 is 1. The molecule has 2 aromatic rings. The lowest BCUT2D eigenvalue weighted by Crippen LogP contribution is -2.50. The summed E-state index contributed by atoms with van der Waals surface area (Å²) in [5.41, 5.74) is 0.685. The van der Waals surface area contributed by atoms with E-state index in [1.807, 2.05) is 29.2 Å². The molecule has 8 heteroatoms. The molecule has 1 aromatic heterocycles. The third-order valence-electron chi connectivity index (χ3n) is 5.56. The molecule has 4 rings (SSSR count). The van der Waals surface area contributed by atoms with Crippen molar-refractivity contribution < 1.29 is 9.53 Å². The number of para-hydroxylation sites is 2. The first-order valence-corrected chi connectivity index (χ1v) is 10.3. The van der Waals surface area contributed by atoms with Crippen LogP contribution in [0.15, 0.2) is 36.7 Å². The first kappa shape index (κ1) is 19.3. The number of piperidine rings is 1. The van der Waals surface area contributed by atoms with Gasteiger partial charge in [0.2, 0.25) is 0 Å². The van der Waals surface area contributed by atoms with Gasteiger partial charge in [-0.1, -0.05) is 12.1 Å². The van der Waals surface area contributed by atoms with Gasteiger partial charge in [0.05, 0.1) is 12.8 Å². The lowest BCUT2D eigenvalue weighted by atomic mass is 10.1. The molecule has 2 saturated heterocycles. The number of piperazine rings is 1. The van der Waals surface area contributed by atoms with E-state index < -0.39 is 0 Å². The van der Waals surface area contributed by atoms with Gasteiger partial charge in [0.1, 0.15) is 23.7 Å². The van der Waals surface area contributed by atoms with E-state index >= 15 is 0 Å². The van der Waals surface area contributed by atoms with E-state index in [9.17, 15) is 4.79 Å². The van der Waals surface area contributed by atoms with E-state index in [1.165, 1.54) is 19.3 Å². The molecule has 0 saturated carbocycles. The minimum atomic E-state index is -0.106. The molecule has 2 amide bonds. The average Bonchev–Trinajstić information content (AvgIpc) is 2.80. The highest BCUT2D eigenvalue weighted by Gasteiger charge is 2.23. The summed E-state index contributed by atoms with van der Waals surface area (Å²) in [6.07, 6.45) is 5.39. The Morgan fingerprint density at radius 1 is 0.931 bits per heavy atom.